The summed E-state index contributed by atoms with van der Waals surface area (Å²) in [6, 6.07) is 7.66. The van der Waals surface area contributed by atoms with Crippen LogP contribution < -0.4 is 10.2 Å². The van der Waals surface area contributed by atoms with Crippen LogP contribution in [-0.2, 0) is 4.79 Å². The average Bonchev–Trinajstić information content (AvgIpc) is 3.22. The molecule has 1 N–H and O–H groups in total. The number of hydrogen-bond acceptors (Lipinski definition) is 5. The first-order chi connectivity index (χ1) is 12.6. The Hall–Kier alpha value is -2.12. The number of nitrogens with one attached hydrogen (secondary N) is 1. The molecule has 0 radical (unpaired) electrons. The van der Waals surface area contributed by atoms with E-state index in [2.05, 4.69) is 15.2 Å². The van der Waals surface area contributed by atoms with Gasteiger partial charge in [0.2, 0.25) is 16.0 Å². The van der Waals surface area contributed by atoms with Crippen LogP contribution in [0.5, 0.6) is 0 Å². The summed E-state index contributed by atoms with van der Waals surface area (Å²) in [6.45, 7) is 1.87. The van der Waals surface area contributed by atoms with Crippen LogP contribution >= 0.6 is 22.9 Å². The zero-order chi connectivity index (χ0) is 18.1. The number of fused-ring (bicyclic) bond motifs is 1. The van der Waals surface area contributed by atoms with E-state index in [1.807, 2.05) is 35.0 Å². The Labute approximate surface area is 160 Å². The van der Waals surface area contributed by atoms with E-state index in [4.69, 9.17) is 16.7 Å². The summed E-state index contributed by atoms with van der Waals surface area (Å²) in [5.74, 6) is 0.595. The quantitative estimate of drug-likeness (QED) is 0.742. The molecule has 0 atom stereocenters. The number of rotatable bonds is 4. The molecule has 6 nitrogen and oxygen atoms in total. The number of nitrogens with zero attached hydrogens (tertiary/aromatic N) is 4. The van der Waals surface area contributed by atoms with Crippen molar-refractivity contribution in [3.63, 3.8) is 0 Å². The highest BCUT2D eigenvalue weighted by Crippen LogP contribution is 2.30. The lowest BCUT2D eigenvalue weighted by Gasteiger charge is -2.31. The fraction of sp³-hybridized carbons (Fsp3) is 0.389. The van der Waals surface area contributed by atoms with Crippen LogP contribution in [-0.4, -0.2) is 40.6 Å². The van der Waals surface area contributed by atoms with E-state index in [0.717, 1.165) is 52.3 Å². The fourth-order valence-electron chi connectivity index (χ4n) is 3.27. The van der Waals surface area contributed by atoms with Crippen molar-refractivity contribution in [2.75, 3.05) is 25.0 Å². The predicted octanol–water partition coefficient (Wildman–Crippen LogP) is 3.46. The van der Waals surface area contributed by atoms with Crippen LogP contribution in [0.2, 0.25) is 5.02 Å². The highest BCUT2D eigenvalue weighted by Gasteiger charge is 2.23. The highest BCUT2D eigenvalue weighted by molar-refractivity contribution is 7.20. The summed E-state index contributed by atoms with van der Waals surface area (Å²) in [6.07, 6.45) is 4.61. The molecule has 1 saturated heterocycles. The van der Waals surface area contributed by atoms with Gasteiger partial charge in [-0.2, -0.15) is 0 Å². The van der Waals surface area contributed by atoms with Crippen LogP contribution in [0, 0.1) is 5.92 Å². The molecular formula is C18H20ClN5OS. The van der Waals surface area contributed by atoms with Gasteiger partial charge in [0.05, 0.1) is 11.9 Å². The molecule has 3 heterocycles. The van der Waals surface area contributed by atoms with E-state index in [0.29, 0.717) is 12.3 Å². The van der Waals surface area contributed by atoms with Gasteiger partial charge in [-0.3, -0.25) is 4.79 Å². The Morgan fingerprint density at radius 2 is 2.04 bits per heavy atom. The van der Waals surface area contributed by atoms with Crippen molar-refractivity contribution in [3.05, 3.63) is 35.5 Å². The van der Waals surface area contributed by atoms with Crippen LogP contribution in [0.1, 0.15) is 19.3 Å². The molecule has 0 bridgehead atoms. The molecule has 8 heteroatoms. The first-order valence-electron chi connectivity index (χ1n) is 8.70. The van der Waals surface area contributed by atoms with Gasteiger partial charge in [0.1, 0.15) is 0 Å². The molecule has 1 aliphatic heterocycles. The molecule has 3 aromatic rings. The third kappa shape index (κ3) is 3.54. The number of carbonyl (C=O) groups is 1. The first kappa shape index (κ1) is 17.3. The second-order valence-electron chi connectivity index (χ2n) is 6.55. The zero-order valence-electron chi connectivity index (χ0n) is 14.5. The molecule has 1 fully saturated rings. The van der Waals surface area contributed by atoms with Gasteiger partial charge in [0, 0.05) is 37.1 Å². The number of anilines is 1. The molecule has 1 aromatic carbocycles. The Morgan fingerprint density at radius 1 is 1.31 bits per heavy atom. The van der Waals surface area contributed by atoms with E-state index in [9.17, 15) is 4.79 Å². The Balaban J connectivity index is 1.45. The predicted molar refractivity (Wildman–Crippen MR) is 105 cm³/mol. The minimum atomic E-state index is 0.130. The number of amides is 1. The third-order valence-corrected chi connectivity index (χ3v) is 6.05. The van der Waals surface area contributed by atoms with Crippen molar-refractivity contribution >= 4 is 38.9 Å². The van der Waals surface area contributed by atoms with Gasteiger partial charge in [-0.15, -0.1) is 5.10 Å². The second-order valence-corrected chi connectivity index (χ2v) is 7.92. The van der Waals surface area contributed by atoms with E-state index < -0.39 is 0 Å². The number of imidazole rings is 1. The fourth-order valence-corrected chi connectivity index (χ4v) is 4.33. The van der Waals surface area contributed by atoms with Crippen molar-refractivity contribution in [2.24, 2.45) is 5.92 Å². The molecule has 26 heavy (non-hydrogen) atoms. The third-order valence-electron chi connectivity index (χ3n) is 4.81. The number of aromatic nitrogens is 3. The molecule has 1 aliphatic rings. The molecule has 0 spiro atoms. The lowest BCUT2D eigenvalue weighted by molar-refractivity contribution is -0.121. The summed E-state index contributed by atoms with van der Waals surface area (Å²) in [4.78, 5) is 19.4. The Bertz CT molecular complexity index is 880. The van der Waals surface area contributed by atoms with E-state index >= 15 is 0 Å². The highest BCUT2D eigenvalue weighted by atomic mass is 35.5. The summed E-state index contributed by atoms with van der Waals surface area (Å²) in [5, 5.41) is 9.12. The van der Waals surface area contributed by atoms with Gasteiger partial charge in [-0.25, -0.2) is 9.50 Å². The first-order valence-corrected chi connectivity index (χ1v) is 9.89. The maximum absolute atomic E-state index is 11.5. The largest absolute Gasteiger partial charge is 0.359 e. The molecule has 136 valence electrons. The molecule has 0 saturated carbocycles. The summed E-state index contributed by atoms with van der Waals surface area (Å²) < 4.78 is 1.85. The Morgan fingerprint density at radius 3 is 2.69 bits per heavy atom. The summed E-state index contributed by atoms with van der Waals surface area (Å²) >= 11 is 7.55. The van der Waals surface area contributed by atoms with Gasteiger partial charge < -0.3 is 10.2 Å². The number of carbonyl (C=O) groups excluding carboxylic acids is 1. The van der Waals surface area contributed by atoms with Crippen molar-refractivity contribution in [1.82, 2.24) is 19.9 Å². The van der Waals surface area contributed by atoms with Gasteiger partial charge >= 0.3 is 0 Å². The summed E-state index contributed by atoms with van der Waals surface area (Å²) in [5.41, 5.74) is 1.93. The van der Waals surface area contributed by atoms with E-state index in [-0.39, 0.29) is 5.91 Å². The SMILES string of the molecule is CNC(=O)CC1CCN(c2nn3cc(-c4ccc(Cl)cc4)nc3s2)CC1. The molecular weight excluding hydrogens is 370 g/mol. The number of piperidine rings is 1. The lowest BCUT2D eigenvalue weighted by atomic mass is 9.93. The summed E-state index contributed by atoms with van der Waals surface area (Å²) in [7, 11) is 1.70. The van der Waals surface area contributed by atoms with Gasteiger partial charge in [0.25, 0.3) is 0 Å². The van der Waals surface area contributed by atoms with Crippen LogP contribution in [0.15, 0.2) is 30.5 Å². The molecule has 1 amide bonds. The maximum atomic E-state index is 11.5. The molecule has 0 unspecified atom stereocenters. The number of benzene rings is 1. The average molecular weight is 390 g/mol. The van der Waals surface area contributed by atoms with E-state index in [1.165, 1.54) is 0 Å². The second kappa shape index (κ2) is 7.25. The van der Waals surface area contributed by atoms with Crippen molar-refractivity contribution in [3.8, 4) is 11.3 Å². The van der Waals surface area contributed by atoms with Crippen molar-refractivity contribution in [1.29, 1.82) is 0 Å². The molecule has 4 rings (SSSR count). The van der Waals surface area contributed by atoms with Gasteiger partial charge in [0.15, 0.2) is 0 Å². The normalized spacial score (nSPS) is 15.5. The standard InChI is InChI=1S/C18H20ClN5OS/c1-20-16(25)10-12-6-8-23(9-7-12)18-22-24-11-15(21-17(24)26-18)13-2-4-14(19)5-3-13/h2-5,11-12H,6-10H2,1H3,(H,20,25). The smallest absolute Gasteiger partial charge is 0.220 e. The molecule has 0 aliphatic carbocycles. The van der Waals surface area contributed by atoms with Crippen molar-refractivity contribution in [2.45, 2.75) is 19.3 Å². The lowest BCUT2D eigenvalue weighted by Crippen LogP contribution is -2.35. The minimum absolute atomic E-state index is 0.130. The van der Waals surface area contributed by atoms with Crippen LogP contribution in [0.25, 0.3) is 16.2 Å². The monoisotopic (exact) mass is 389 g/mol. The maximum Gasteiger partial charge on any atom is 0.220 e. The number of hydrogen-bond donors (Lipinski definition) is 1. The van der Waals surface area contributed by atoms with Crippen LogP contribution in [0.3, 0.4) is 0 Å². The zero-order valence-corrected chi connectivity index (χ0v) is 16.1. The number of halogens is 1. The van der Waals surface area contributed by atoms with E-state index in [1.54, 1.807) is 18.4 Å². The topological polar surface area (TPSA) is 62.5 Å². The van der Waals surface area contributed by atoms with Crippen molar-refractivity contribution < 1.29 is 4.79 Å². The minimum Gasteiger partial charge on any atom is -0.359 e. The van der Waals surface area contributed by atoms with Gasteiger partial charge in [-0.1, -0.05) is 35.1 Å². The molecule has 2 aromatic heterocycles. The van der Waals surface area contributed by atoms with Gasteiger partial charge in [-0.05, 0) is 30.9 Å². The van der Waals surface area contributed by atoms with Crippen LogP contribution in [0.4, 0.5) is 5.13 Å². The Kier molecular flexibility index (Phi) is 4.82.